The summed E-state index contributed by atoms with van der Waals surface area (Å²) in [6.45, 7) is 7.96. The van der Waals surface area contributed by atoms with Gasteiger partial charge in [-0.15, -0.1) is 0 Å². The van der Waals surface area contributed by atoms with Crippen LogP contribution >= 0.6 is 11.8 Å². The molecule has 0 aliphatic heterocycles. The van der Waals surface area contributed by atoms with Crippen LogP contribution in [0.3, 0.4) is 0 Å². The van der Waals surface area contributed by atoms with Crippen LogP contribution in [0.15, 0.2) is 29.3 Å². The highest BCUT2D eigenvalue weighted by atomic mass is 32.2. The lowest BCUT2D eigenvalue weighted by atomic mass is 10.1. The van der Waals surface area contributed by atoms with Crippen molar-refractivity contribution in [1.82, 2.24) is 15.5 Å². The Morgan fingerprint density at radius 2 is 1.89 bits per heavy atom. The van der Waals surface area contributed by atoms with Gasteiger partial charge in [-0.1, -0.05) is 26.0 Å². The SMILES string of the molecule is CSCCNC(=NCC(=O)N(C)C)NC(C)c1ccc(OCC(C)C)cc1. The van der Waals surface area contributed by atoms with E-state index in [1.54, 1.807) is 30.8 Å². The fraction of sp³-hybridized carbons (Fsp3) is 0.600. The molecule has 0 saturated carbocycles. The van der Waals surface area contributed by atoms with Gasteiger partial charge in [0.15, 0.2) is 5.96 Å². The molecule has 0 saturated heterocycles. The minimum absolute atomic E-state index is 0.0275. The second kappa shape index (κ2) is 12.5. The molecule has 0 bridgehead atoms. The number of nitrogens with one attached hydrogen (secondary N) is 2. The van der Waals surface area contributed by atoms with E-state index in [0.29, 0.717) is 18.5 Å². The maximum atomic E-state index is 11.8. The summed E-state index contributed by atoms with van der Waals surface area (Å²) in [5.74, 6) is 2.97. The van der Waals surface area contributed by atoms with Crippen LogP contribution in [0.5, 0.6) is 5.75 Å². The van der Waals surface area contributed by atoms with Crippen molar-refractivity contribution >= 4 is 23.6 Å². The van der Waals surface area contributed by atoms with Crippen LogP contribution in [0, 0.1) is 5.92 Å². The van der Waals surface area contributed by atoms with Crippen LogP contribution in [0.2, 0.25) is 0 Å². The molecular weight excluding hydrogens is 360 g/mol. The molecule has 6 nitrogen and oxygen atoms in total. The van der Waals surface area contributed by atoms with E-state index in [-0.39, 0.29) is 18.5 Å². The van der Waals surface area contributed by atoms with Crippen molar-refractivity contribution in [3.05, 3.63) is 29.8 Å². The fourth-order valence-corrected chi connectivity index (χ4v) is 2.42. The zero-order valence-corrected chi connectivity index (χ0v) is 18.2. The molecule has 0 aliphatic rings. The quantitative estimate of drug-likeness (QED) is 0.363. The monoisotopic (exact) mass is 394 g/mol. The zero-order valence-electron chi connectivity index (χ0n) is 17.4. The first kappa shape index (κ1) is 23.1. The van der Waals surface area contributed by atoms with Crippen LogP contribution in [0.25, 0.3) is 0 Å². The van der Waals surface area contributed by atoms with Crippen molar-refractivity contribution in [2.45, 2.75) is 26.8 Å². The summed E-state index contributed by atoms with van der Waals surface area (Å²) in [4.78, 5) is 17.8. The third-order valence-electron chi connectivity index (χ3n) is 3.79. The molecule has 0 aromatic heterocycles. The molecule has 0 fully saturated rings. The molecule has 1 aromatic rings. The number of benzene rings is 1. The summed E-state index contributed by atoms with van der Waals surface area (Å²) in [5.41, 5.74) is 1.13. The maximum absolute atomic E-state index is 11.8. The standard InChI is InChI=1S/C20H34N4O2S/c1-15(2)14-26-18-9-7-17(8-10-18)16(3)23-20(21-11-12-27-6)22-13-19(25)24(4)5/h7-10,15-16H,11-14H2,1-6H3,(H2,21,22,23). The Labute approximate surface area is 168 Å². The highest BCUT2D eigenvalue weighted by molar-refractivity contribution is 7.98. The van der Waals surface area contributed by atoms with E-state index >= 15 is 0 Å². The van der Waals surface area contributed by atoms with E-state index in [4.69, 9.17) is 4.74 Å². The maximum Gasteiger partial charge on any atom is 0.243 e. The Morgan fingerprint density at radius 3 is 2.44 bits per heavy atom. The van der Waals surface area contributed by atoms with Crippen molar-refractivity contribution in [2.24, 2.45) is 10.9 Å². The van der Waals surface area contributed by atoms with Crippen LogP contribution in [-0.4, -0.2) is 62.6 Å². The normalized spacial score (nSPS) is 12.6. The number of amides is 1. The molecule has 0 spiro atoms. The molecule has 152 valence electrons. The summed E-state index contributed by atoms with van der Waals surface area (Å²) in [6.07, 6.45) is 2.06. The Kier molecular flexibility index (Phi) is 10.7. The number of thioether (sulfide) groups is 1. The summed E-state index contributed by atoms with van der Waals surface area (Å²) < 4.78 is 5.74. The average molecular weight is 395 g/mol. The van der Waals surface area contributed by atoms with Gasteiger partial charge in [-0.05, 0) is 36.8 Å². The van der Waals surface area contributed by atoms with Gasteiger partial charge in [-0.2, -0.15) is 11.8 Å². The zero-order chi connectivity index (χ0) is 20.2. The molecule has 0 aliphatic carbocycles. The molecule has 1 atom stereocenters. The molecule has 1 unspecified atom stereocenters. The van der Waals surface area contributed by atoms with Gasteiger partial charge in [0.2, 0.25) is 5.91 Å². The van der Waals surface area contributed by atoms with Crippen LogP contribution in [0.1, 0.15) is 32.4 Å². The fourth-order valence-electron chi connectivity index (χ4n) is 2.12. The summed E-state index contributed by atoms with van der Waals surface area (Å²) in [6, 6.07) is 8.14. The topological polar surface area (TPSA) is 66.0 Å². The number of nitrogens with zero attached hydrogens (tertiary/aromatic N) is 2. The number of hydrogen-bond donors (Lipinski definition) is 2. The lowest BCUT2D eigenvalue weighted by Crippen LogP contribution is -2.40. The first-order valence-electron chi connectivity index (χ1n) is 9.30. The molecule has 1 amide bonds. The van der Waals surface area contributed by atoms with Gasteiger partial charge in [0, 0.05) is 26.4 Å². The molecule has 27 heavy (non-hydrogen) atoms. The first-order valence-corrected chi connectivity index (χ1v) is 10.7. The highest BCUT2D eigenvalue weighted by Gasteiger charge is 2.10. The Bertz CT molecular complexity index is 588. The second-order valence-electron chi connectivity index (χ2n) is 7.01. The van der Waals surface area contributed by atoms with Crippen LogP contribution in [-0.2, 0) is 4.79 Å². The van der Waals surface area contributed by atoms with Crippen molar-refractivity contribution in [3.63, 3.8) is 0 Å². The highest BCUT2D eigenvalue weighted by Crippen LogP contribution is 2.18. The molecular formula is C20H34N4O2S. The van der Waals surface area contributed by atoms with Gasteiger partial charge in [-0.3, -0.25) is 4.79 Å². The van der Waals surface area contributed by atoms with Crippen LogP contribution < -0.4 is 15.4 Å². The number of rotatable bonds is 10. The summed E-state index contributed by atoms with van der Waals surface area (Å²) >= 11 is 1.76. The Balaban J connectivity index is 2.71. The minimum Gasteiger partial charge on any atom is -0.493 e. The smallest absolute Gasteiger partial charge is 0.243 e. The first-order chi connectivity index (χ1) is 12.8. The number of aliphatic imine (C=N–C) groups is 1. The lowest BCUT2D eigenvalue weighted by molar-refractivity contribution is -0.127. The molecule has 0 radical (unpaired) electrons. The largest absolute Gasteiger partial charge is 0.493 e. The number of carbonyl (C=O) groups excluding carboxylic acids is 1. The van der Waals surface area contributed by atoms with Gasteiger partial charge in [0.25, 0.3) is 0 Å². The third kappa shape index (κ3) is 9.56. The van der Waals surface area contributed by atoms with Gasteiger partial charge < -0.3 is 20.3 Å². The third-order valence-corrected chi connectivity index (χ3v) is 4.40. The van der Waals surface area contributed by atoms with E-state index < -0.39 is 0 Å². The Hall–Kier alpha value is -1.89. The molecule has 0 heterocycles. The van der Waals surface area contributed by atoms with Crippen LogP contribution in [0.4, 0.5) is 0 Å². The molecule has 1 aromatic carbocycles. The predicted octanol–water partition coefficient (Wildman–Crippen LogP) is 2.77. The molecule has 1 rings (SSSR count). The van der Waals surface area contributed by atoms with Crippen molar-refractivity contribution in [2.75, 3.05) is 45.8 Å². The summed E-state index contributed by atoms with van der Waals surface area (Å²) in [5, 5.41) is 6.66. The second-order valence-corrected chi connectivity index (χ2v) is 8.00. The van der Waals surface area contributed by atoms with Crippen molar-refractivity contribution in [3.8, 4) is 5.75 Å². The summed E-state index contributed by atoms with van der Waals surface area (Å²) in [7, 11) is 3.47. The van der Waals surface area contributed by atoms with E-state index in [1.807, 2.05) is 12.1 Å². The minimum atomic E-state index is -0.0275. The van der Waals surface area contributed by atoms with Gasteiger partial charge in [-0.25, -0.2) is 4.99 Å². The average Bonchev–Trinajstić information content (AvgIpc) is 2.64. The Morgan fingerprint density at radius 1 is 1.22 bits per heavy atom. The van der Waals surface area contributed by atoms with Gasteiger partial charge in [0.05, 0.1) is 12.6 Å². The lowest BCUT2D eigenvalue weighted by Gasteiger charge is -2.19. The van der Waals surface area contributed by atoms with Crippen molar-refractivity contribution in [1.29, 1.82) is 0 Å². The predicted molar refractivity (Wildman–Crippen MR) is 116 cm³/mol. The molecule has 2 N–H and O–H groups in total. The van der Waals surface area contributed by atoms with E-state index in [9.17, 15) is 4.79 Å². The number of carbonyl (C=O) groups is 1. The van der Waals surface area contributed by atoms with E-state index in [0.717, 1.165) is 23.6 Å². The van der Waals surface area contributed by atoms with E-state index in [1.165, 1.54) is 0 Å². The van der Waals surface area contributed by atoms with E-state index in [2.05, 4.69) is 54.8 Å². The van der Waals surface area contributed by atoms with Gasteiger partial charge >= 0.3 is 0 Å². The number of likely N-dealkylation sites (N-methyl/N-ethyl adjacent to an activating group) is 1. The van der Waals surface area contributed by atoms with Gasteiger partial charge in [0.1, 0.15) is 12.3 Å². The molecule has 7 heteroatoms. The number of ether oxygens (including phenoxy) is 1. The number of hydrogen-bond acceptors (Lipinski definition) is 4. The van der Waals surface area contributed by atoms with Crippen molar-refractivity contribution < 1.29 is 9.53 Å². The number of guanidine groups is 1.